The van der Waals surface area contributed by atoms with E-state index in [1.165, 1.54) is 5.69 Å². The first-order chi connectivity index (χ1) is 11.3. The SMILES string of the molecule is O=C(NC1CC1)N1CCc2ncc(CN3CCOCC3)n2CC1. The minimum atomic E-state index is 0.0907. The average molecular weight is 319 g/mol. The standard InChI is InChI=1S/C16H25N5O2/c22-16(18-13-1-2-13)20-4-3-15-17-11-14(21(15)6-5-20)12-19-7-9-23-10-8-19/h11,13H,1-10,12H2,(H,18,22). The van der Waals surface area contributed by atoms with Gasteiger partial charge in [-0.05, 0) is 12.8 Å². The molecule has 1 aliphatic carbocycles. The highest BCUT2D eigenvalue weighted by Gasteiger charge is 2.27. The Bertz CT molecular complexity index is 563. The van der Waals surface area contributed by atoms with Crippen LogP contribution in [0.25, 0.3) is 0 Å². The van der Waals surface area contributed by atoms with Crippen LogP contribution >= 0.6 is 0 Å². The van der Waals surface area contributed by atoms with Gasteiger partial charge >= 0.3 is 6.03 Å². The third-order valence-corrected chi connectivity index (χ3v) is 4.90. The van der Waals surface area contributed by atoms with E-state index in [1.807, 2.05) is 11.1 Å². The van der Waals surface area contributed by atoms with Gasteiger partial charge in [-0.3, -0.25) is 4.90 Å². The van der Waals surface area contributed by atoms with Crippen LogP contribution in [0, 0.1) is 0 Å². The molecule has 4 rings (SSSR count). The maximum Gasteiger partial charge on any atom is 0.317 e. The second-order valence-corrected chi connectivity index (χ2v) is 6.67. The van der Waals surface area contributed by atoms with Gasteiger partial charge in [0.1, 0.15) is 5.82 Å². The molecule has 7 heteroatoms. The third kappa shape index (κ3) is 3.50. The van der Waals surface area contributed by atoms with Crippen LogP contribution in [0.3, 0.4) is 0 Å². The molecule has 0 radical (unpaired) electrons. The third-order valence-electron chi connectivity index (χ3n) is 4.90. The van der Waals surface area contributed by atoms with Crippen molar-refractivity contribution in [2.45, 2.75) is 38.4 Å². The van der Waals surface area contributed by atoms with Crippen LogP contribution in [0.2, 0.25) is 0 Å². The molecule has 0 aromatic carbocycles. The first kappa shape index (κ1) is 15.0. The molecule has 2 fully saturated rings. The maximum absolute atomic E-state index is 12.2. The summed E-state index contributed by atoms with van der Waals surface area (Å²) in [5.41, 5.74) is 1.26. The van der Waals surface area contributed by atoms with Gasteiger partial charge in [-0.15, -0.1) is 0 Å². The molecule has 3 heterocycles. The lowest BCUT2D eigenvalue weighted by Gasteiger charge is -2.27. The van der Waals surface area contributed by atoms with E-state index in [1.54, 1.807) is 0 Å². The monoisotopic (exact) mass is 319 g/mol. The molecule has 1 aromatic heterocycles. The van der Waals surface area contributed by atoms with Gasteiger partial charge in [0.2, 0.25) is 0 Å². The quantitative estimate of drug-likeness (QED) is 0.878. The Balaban J connectivity index is 1.39. The summed E-state index contributed by atoms with van der Waals surface area (Å²) < 4.78 is 7.72. The van der Waals surface area contributed by atoms with Crippen LogP contribution in [-0.4, -0.2) is 70.8 Å². The van der Waals surface area contributed by atoms with E-state index in [0.717, 1.165) is 77.6 Å². The van der Waals surface area contributed by atoms with Crippen molar-refractivity contribution in [2.24, 2.45) is 0 Å². The molecule has 3 aliphatic rings. The highest BCUT2D eigenvalue weighted by atomic mass is 16.5. The van der Waals surface area contributed by atoms with E-state index in [0.29, 0.717) is 6.04 Å². The lowest BCUT2D eigenvalue weighted by atomic mass is 10.3. The van der Waals surface area contributed by atoms with Crippen molar-refractivity contribution >= 4 is 6.03 Å². The van der Waals surface area contributed by atoms with Crippen LogP contribution in [0.1, 0.15) is 24.4 Å². The summed E-state index contributed by atoms with van der Waals surface area (Å²) >= 11 is 0. The van der Waals surface area contributed by atoms with E-state index >= 15 is 0 Å². The molecule has 2 aliphatic heterocycles. The number of morpholine rings is 1. The zero-order valence-electron chi connectivity index (χ0n) is 13.5. The van der Waals surface area contributed by atoms with Crippen molar-refractivity contribution in [1.82, 2.24) is 24.7 Å². The minimum absolute atomic E-state index is 0.0907. The summed E-state index contributed by atoms with van der Waals surface area (Å²) in [5.74, 6) is 1.11. The highest BCUT2D eigenvalue weighted by molar-refractivity contribution is 5.74. The molecule has 0 atom stereocenters. The summed E-state index contributed by atoms with van der Waals surface area (Å²) in [6.07, 6.45) is 5.10. The number of carbonyl (C=O) groups is 1. The van der Waals surface area contributed by atoms with Crippen molar-refractivity contribution in [2.75, 3.05) is 39.4 Å². The molecule has 0 unspecified atom stereocenters. The summed E-state index contributed by atoms with van der Waals surface area (Å²) in [6.45, 7) is 6.88. The summed E-state index contributed by atoms with van der Waals surface area (Å²) in [5, 5.41) is 3.09. The fourth-order valence-corrected chi connectivity index (χ4v) is 3.31. The van der Waals surface area contributed by atoms with E-state index in [-0.39, 0.29) is 6.03 Å². The number of rotatable bonds is 3. The van der Waals surface area contributed by atoms with Gasteiger partial charge < -0.3 is 19.5 Å². The molecule has 7 nitrogen and oxygen atoms in total. The molecule has 1 N–H and O–H groups in total. The second kappa shape index (κ2) is 6.49. The normalized spacial score (nSPS) is 22.5. The lowest BCUT2D eigenvalue weighted by Crippen LogP contribution is -2.42. The molecule has 0 spiro atoms. The second-order valence-electron chi connectivity index (χ2n) is 6.67. The number of ether oxygens (including phenoxy) is 1. The number of urea groups is 1. The number of fused-ring (bicyclic) bond motifs is 1. The number of nitrogens with zero attached hydrogens (tertiary/aromatic N) is 4. The predicted molar refractivity (Wildman–Crippen MR) is 85.2 cm³/mol. The summed E-state index contributed by atoms with van der Waals surface area (Å²) in [6, 6.07) is 0.507. The summed E-state index contributed by atoms with van der Waals surface area (Å²) in [7, 11) is 0. The lowest BCUT2D eigenvalue weighted by molar-refractivity contribution is 0.0331. The maximum atomic E-state index is 12.2. The Kier molecular flexibility index (Phi) is 4.22. The number of carbonyl (C=O) groups excluding carboxylic acids is 1. The van der Waals surface area contributed by atoms with E-state index in [9.17, 15) is 4.79 Å². The van der Waals surface area contributed by atoms with E-state index in [4.69, 9.17) is 4.74 Å². The topological polar surface area (TPSA) is 62.6 Å². The van der Waals surface area contributed by atoms with E-state index < -0.39 is 0 Å². The van der Waals surface area contributed by atoms with Gasteiger partial charge in [0, 0.05) is 57.9 Å². The molecule has 2 amide bonds. The van der Waals surface area contributed by atoms with Crippen molar-refractivity contribution < 1.29 is 9.53 Å². The molecule has 1 saturated carbocycles. The number of hydrogen-bond acceptors (Lipinski definition) is 4. The van der Waals surface area contributed by atoms with E-state index in [2.05, 4.69) is 19.8 Å². The van der Waals surface area contributed by atoms with Crippen molar-refractivity contribution in [1.29, 1.82) is 0 Å². The van der Waals surface area contributed by atoms with Crippen LogP contribution in [-0.2, 0) is 24.2 Å². The van der Waals surface area contributed by atoms with Gasteiger partial charge in [-0.1, -0.05) is 0 Å². The smallest absolute Gasteiger partial charge is 0.317 e. The molecule has 23 heavy (non-hydrogen) atoms. The first-order valence-corrected chi connectivity index (χ1v) is 8.68. The van der Waals surface area contributed by atoms with Crippen molar-refractivity contribution in [3.05, 3.63) is 17.7 Å². The fourth-order valence-electron chi connectivity index (χ4n) is 3.31. The first-order valence-electron chi connectivity index (χ1n) is 8.68. The number of hydrogen-bond donors (Lipinski definition) is 1. The van der Waals surface area contributed by atoms with Gasteiger partial charge in [-0.2, -0.15) is 0 Å². The van der Waals surface area contributed by atoms with Crippen LogP contribution in [0.4, 0.5) is 4.79 Å². The van der Waals surface area contributed by atoms with Gasteiger partial charge in [0.25, 0.3) is 0 Å². The van der Waals surface area contributed by atoms with Crippen molar-refractivity contribution in [3.8, 4) is 0 Å². The predicted octanol–water partition coefficient (Wildman–Crippen LogP) is 0.445. The van der Waals surface area contributed by atoms with Gasteiger partial charge in [-0.25, -0.2) is 9.78 Å². The Labute approximate surface area is 136 Å². The largest absolute Gasteiger partial charge is 0.379 e. The molecule has 0 bridgehead atoms. The zero-order valence-corrected chi connectivity index (χ0v) is 13.5. The number of nitrogens with one attached hydrogen (secondary N) is 1. The molecule has 1 aromatic rings. The summed E-state index contributed by atoms with van der Waals surface area (Å²) in [4.78, 5) is 21.2. The molecule has 1 saturated heterocycles. The van der Waals surface area contributed by atoms with Crippen LogP contribution in [0.15, 0.2) is 6.20 Å². The Morgan fingerprint density at radius 1 is 1.22 bits per heavy atom. The Morgan fingerprint density at radius 2 is 2.04 bits per heavy atom. The zero-order chi connectivity index (χ0) is 15.6. The minimum Gasteiger partial charge on any atom is -0.379 e. The van der Waals surface area contributed by atoms with Crippen LogP contribution in [0.5, 0.6) is 0 Å². The molecular formula is C16H25N5O2. The average Bonchev–Trinajstić information content (AvgIpc) is 3.34. The fraction of sp³-hybridized carbons (Fsp3) is 0.750. The molecular weight excluding hydrogens is 294 g/mol. The molecule has 126 valence electrons. The number of aromatic nitrogens is 2. The number of imidazole rings is 1. The number of amides is 2. The Morgan fingerprint density at radius 3 is 2.83 bits per heavy atom. The van der Waals surface area contributed by atoms with Gasteiger partial charge in [0.15, 0.2) is 0 Å². The highest BCUT2D eigenvalue weighted by Crippen LogP contribution is 2.20. The van der Waals surface area contributed by atoms with Crippen LogP contribution < -0.4 is 5.32 Å². The van der Waals surface area contributed by atoms with Gasteiger partial charge in [0.05, 0.1) is 18.9 Å². The van der Waals surface area contributed by atoms with Crippen molar-refractivity contribution in [3.63, 3.8) is 0 Å². The Hall–Kier alpha value is -1.60.